The maximum atomic E-state index is 10.3. The average molecular weight is 254 g/mol. The van der Waals surface area contributed by atoms with Gasteiger partial charge in [-0.25, -0.2) is 0 Å². The lowest BCUT2D eigenvalue weighted by molar-refractivity contribution is 0.0303. The number of benzene rings is 1. The van der Waals surface area contributed by atoms with E-state index in [4.69, 9.17) is 14.9 Å². The minimum atomic E-state index is -0.665. The Labute approximate surface area is 108 Å². The van der Waals surface area contributed by atoms with Crippen LogP contribution in [0.5, 0.6) is 5.75 Å². The van der Waals surface area contributed by atoms with Crippen LogP contribution in [0.25, 0.3) is 0 Å². The van der Waals surface area contributed by atoms with E-state index in [0.29, 0.717) is 12.2 Å². The summed E-state index contributed by atoms with van der Waals surface area (Å²) in [5, 5.41) is 28.0. The van der Waals surface area contributed by atoms with Crippen molar-refractivity contribution in [1.82, 2.24) is 0 Å². The highest BCUT2D eigenvalue weighted by molar-refractivity contribution is 5.30. The summed E-state index contributed by atoms with van der Waals surface area (Å²) >= 11 is 0. The third-order valence-corrected chi connectivity index (χ3v) is 3.03. The van der Waals surface area contributed by atoms with Crippen molar-refractivity contribution in [2.45, 2.75) is 26.4 Å². The Hall–Kier alpha value is -1.10. The molecule has 3 N–H and O–H groups in total. The first-order chi connectivity index (χ1) is 8.51. The molecule has 0 aliphatic carbocycles. The fraction of sp³-hybridized carbons (Fsp3) is 0.571. The van der Waals surface area contributed by atoms with Crippen molar-refractivity contribution in [2.24, 2.45) is 5.41 Å². The predicted molar refractivity (Wildman–Crippen MR) is 69.5 cm³/mol. The third kappa shape index (κ3) is 3.98. The van der Waals surface area contributed by atoms with Crippen molar-refractivity contribution in [1.29, 1.82) is 0 Å². The number of ether oxygens (including phenoxy) is 1. The molecule has 1 aromatic rings. The van der Waals surface area contributed by atoms with Crippen LogP contribution in [0.1, 0.15) is 31.9 Å². The molecule has 0 saturated carbocycles. The topological polar surface area (TPSA) is 69.9 Å². The van der Waals surface area contributed by atoms with Gasteiger partial charge in [-0.05, 0) is 29.5 Å². The molecule has 0 heterocycles. The van der Waals surface area contributed by atoms with Gasteiger partial charge in [0.25, 0.3) is 0 Å². The molecule has 0 aliphatic heterocycles. The summed E-state index contributed by atoms with van der Waals surface area (Å²) < 4.78 is 5.31. The molecule has 102 valence electrons. The average Bonchev–Trinajstić information content (AvgIpc) is 2.35. The van der Waals surface area contributed by atoms with Gasteiger partial charge in [-0.2, -0.15) is 0 Å². The van der Waals surface area contributed by atoms with E-state index in [1.165, 1.54) is 0 Å². The Morgan fingerprint density at radius 2 is 1.94 bits per heavy atom. The summed E-state index contributed by atoms with van der Waals surface area (Å²) in [4.78, 5) is 0. The summed E-state index contributed by atoms with van der Waals surface area (Å²) in [7, 11) is 0. The molecule has 0 radical (unpaired) electrons. The van der Waals surface area contributed by atoms with Gasteiger partial charge in [-0.15, -0.1) is 0 Å². The van der Waals surface area contributed by atoms with Crippen LogP contribution in [0.4, 0.5) is 0 Å². The van der Waals surface area contributed by atoms with Crippen molar-refractivity contribution in [3.05, 3.63) is 29.8 Å². The number of hydrogen-bond acceptors (Lipinski definition) is 4. The number of rotatable bonds is 7. The zero-order chi connectivity index (χ0) is 13.6. The highest BCUT2D eigenvalue weighted by Crippen LogP contribution is 2.36. The molecule has 0 unspecified atom stereocenters. The maximum Gasteiger partial charge on any atom is 0.119 e. The van der Waals surface area contributed by atoms with Crippen molar-refractivity contribution in [3.8, 4) is 5.75 Å². The lowest BCUT2D eigenvalue weighted by Gasteiger charge is -2.30. The van der Waals surface area contributed by atoms with Crippen LogP contribution in [0, 0.1) is 5.41 Å². The zero-order valence-corrected chi connectivity index (χ0v) is 11.0. The molecular formula is C14H22O4. The molecule has 1 aromatic carbocycles. The smallest absolute Gasteiger partial charge is 0.119 e. The van der Waals surface area contributed by atoms with Crippen LogP contribution < -0.4 is 4.74 Å². The molecule has 4 heteroatoms. The lowest BCUT2D eigenvalue weighted by Crippen LogP contribution is -2.23. The third-order valence-electron chi connectivity index (χ3n) is 3.03. The first-order valence-electron chi connectivity index (χ1n) is 6.14. The fourth-order valence-corrected chi connectivity index (χ4v) is 1.81. The largest absolute Gasteiger partial charge is 0.491 e. The van der Waals surface area contributed by atoms with Gasteiger partial charge in [-0.1, -0.05) is 26.0 Å². The fourth-order valence-electron chi connectivity index (χ4n) is 1.81. The van der Waals surface area contributed by atoms with E-state index in [-0.39, 0.29) is 19.8 Å². The molecule has 4 nitrogen and oxygen atoms in total. The van der Waals surface area contributed by atoms with Crippen molar-refractivity contribution >= 4 is 0 Å². The second-order valence-corrected chi connectivity index (χ2v) is 5.01. The molecule has 0 saturated heterocycles. The first kappa shape index (κ1) is 15.0. The standard InChI is InChI=1S/C14H22O4/c1-14(2,6-7-15)13(17)11-4-3-5-12(10-11)18-9-8-16/h3-5,10,13,15-17H,6-9H2,1-2H3/t13-/m1/s1. The summed E-state index contributed by atoms with van der Waals surface area (Å²) in [5.41, 5.74) is 0.355. The SMILES string of the molecule is CC(C)(CCO)[C@H](O)c1cccc(OCCO)c1. The number of hydrogen-bond donors (Lipinski definition) is 3. The van der Waals surface area contributed by atoms with Gasteiger partial charge < -0.3 is 20.1 Å². The normalized spacial score (nSPS) is 13.4. The molecule has 1 rings (SSSR count). The molecular weight excluding hydrogens is 232 g/mol. The quantitative estimate of drug-likeness (QED) is 0.689. The van der Waals surface area contributed by atoms with Gasteiger partial charge in [0.1, 0.15) is 12.4 Å². The van der Waals surface area contributed by atoms with Gasteiger partial charge in [0.15, 0.2) is 0 Å². The Morgan fingerprint density at radius 3 is 2.56 bits per heavy atom. The second-order valence-electron chi connectivity index (χ2n) is 5.01. The minimum absolute atomic E-state index is 0.0389. The molecule has 0 aromatic heterocycles. The van der Waals surface area contributed by atoms with Crippen LogP contribution in [0.15, 0.2) is 24.3 Å². The monoisotopic (exact) mass is 254 g/mol. The van der Waals surface area contributed by atoms with E-state index in [0.717, 1.165) is 5.56 Å². The van der Waals surface area contributed by atoms with Crippen molar-refractivity contribution in [2.75, 3.05) is 19.8 Å². The minimum Gasteiger partial charge on any atom is -0.491 e. The molecule has 0 bridgehead atoms. The Balaban J connectivity index is 2.82. The molecule has 0 spiro atoms. The highest BCUT2D eigenvalue weighted by Gasteiger charge is 2.28. The predicted octanol–water partition coefficient (Wildman–Crippen LogP) is 1.50. The van der Waals surface area contributed by atoms with E-state index < -0.39 is 11.5 Å². The lowest BCUT2D eigenvalue weighted by atomic mass is 9.80. The van der Waals surface area contributed by atoms with E-state index >= 15 is 0 Å². The highest BCUT2D eigenvalue weighted by atomic mass is 16.5. The summed E-state index contributed by atoms with van der Waals surface area (Å²) in [6, 6.07) is 7.18. The van der Waals surface area contributed by atoms with E-state index in [1.54, 1.807) is 18.2 Å². The number of aliphatic hydroxyl groups is 3. The number of aliphatic hydroxyl groups excluding tert-OH is 3. The Morgan fingerprint density at radius 1 is 1.22 bits per heavy atom. The molecule has 0 amide bonds. The van der Waals surface area contributed by atoms with Crippen LogP contribution in [-0.4, -0.2) is 35.1 Å². The van der Waals surface area contributed by atoms with Gasteiger partial charge in [-0.3, -0.25) is 0 Å². The maximum absolute atomic E-state index is 10.3. The molecule has 0 fully saturated rings. The Bertz CT molecular complexity index is 363. The van der Waals surface area contributed by atoms with E-state index in [2.05, 4.69) is 0 Å². The van der Waals surface area contributed by atoms with Crippen molar-refractivity contribution in [3.63, 3.8) is 0 Å². The van der Waals surface area contributed by atoms with Gasteiger partial charge in [0.2, 0.25) is 0 Å². The van der Waals surface area contributed by atoms with Gasteiger partial charge in [0.05, 0.1) is 12.7 Å². The van der Waals surface area contributed by atoms with Crippen LogP contribution >= 0.6 is 0 Å². The first-order valence-corrected chi connectivity index (χ1v) is 6.14. The van der Waals surface area contributed by atoms with Crippen LogP contribution in [-0.2, 0) is 0 Å². The second kappa shape index (κ2) is 6.73. The summed E-state index contributed by atoms with van der Waals surface area (Å²) in [5.74, 6) is 0.625. The van der Waals surface area contributed by atoms with Crippen LogP contribution in [0.3, 0.4) is 0 Å². The van der Waals surface area contributed by atoms with Gasteiger partial charge >= 0.3 is 0 Å². The van der Waals surface area contributed by atoms with Crippen molar-refractivity contribution < 1.29 is 20.1 Å². The summed E-state index contributed by atoms with van der Waals surface area (Å²) in [6.07, 6.45) is -0.141. The zero-order valence-electron chi connectivity index (χ0n) is 11.0. The van der Waals surface area contributed by atoms with Crippen LogP contribution in [0.2, 0.25) is 0 Å². The summed E-state index contributed by atoms with van der Waals surface area (Å²) in [6.45, 7) is 4.07. The van der Waals surface area contributed by atoms with Gasteiger partial charge in [0, 0.05) is 6.61 Å². The van der Waals surface area contributed by atoms with E-state index in [9.17, 15) is 5.11 Å². The molecule has 1 atom stereocenters. The van der Waals surface area contributed by atoms with E-state index in [1.807, 2.05) is 19.9 Å². The molecule has 18 heavy (non-hydrogen) atoms. The molecule has 0 aliphatic rings. The Kier molecular flexibility index (Phi) is 5.59.